The van der Waals surface area contributed by atoms with Gasteiger partial charge in [-0.3, -0.25) is 0 Å². The van der Waals surface area contributed by atoms with Crippen LogP contribution in [0.2, 0.25) is 0 Å². The van der Waals surface area contributed by atoms with Crippen LogP contribution in [-0.2, 0) is 16.1 Å². The largest absolute Gasteiger partial charge is 0.377 e. The summed E-state index contributed by atoms with van der Waals surface area (Å²) in [6.45, 7) is 1.34. The summed E-state index contributed by atoms with van der Waals surface area (Å²) < 4.78 is 11.4. The summed E-state index contributed by atoms with van der Waals surface area (Å²) in [5.74, 6) is 0. The fraction of sp³-hybridized carbons (Fsp3) is 0.500. The summed E-state index contributed by atoms with van der Waals surface area (Å²) in [5.41, 5.74) is 1.19. The molecule has 1 heterocycles. The summed E-state index contributed by atoms with van der Waals surface area (Å²) >= 11 is 0. The van der Waals surface area contributed by atoms with E-state index in [1.54, 1.807) is 0 Å². The summed E-state index contributed by atoms with van der Waals surface area (Å²) in [7, 11) is 0. The average molecular weight is 231 g/mol. The summed E-state index contributed by atoms with van der Waals surface area (Å²) in [5, 5.41) is 8.64. The Morgan fingerprint density at radius 3 is 2.94 bits per heavy atom. The van der Waals surface area contributed by atoms with E-state index < -0.39 is 0 Å². The van der Waals surface area contributed by atoms with Crippen LogP contribution >= 0.6 is 0 Å². The van der Waals surface area contributed by atoms with Gasteiger partial charge in [-0.2, -0.15) is 5.26 Å². The van der Waals surface area contributed by atoms with Crippen LogP contribution in [0.1, 0.15) is 24.8 Å². The van der Waals surface area contributed by atoms with Crippen molar-refractivity contribution in [3.63, 3.8) is 0 Å². The first kappa shape index (κ1) is 12.1. The molecule has 1 aliphatic heterocycles. The molecule has 0 amide bonds. The predicted octanol–water partition coefficient (Wildman–Crippen LogP) is 2.66. The standard InChI is InChI=1S/C14H17NO2/c15-8-6-13-10-14(7-9-16-13)17-11-12-4-2-1-3-5-12/h1-5,13-14H,6-7,9-11H2. The van der Waals surface area contributed by atoms with E-state index in [1.165, 1.54) is 5.56 Å². The molecule has 1 saturated heterocycles. The molecule has 3 nitrogen and oxygen atoms in total. The molecular formula is C14H17NO2. The van der Waals surface area contributed by atoms with Gasteiger partial charge in [-0.15, -0.1) is 0 Å². The Hall–Kier alpha value is -1.37. The molecule has 1 fully saturated rings. The third-order valence-electron chi connectivity index (χ3n) is 2.97. The zero-order chi connectivity index (χ0) is 11.9. The summed E-state index contributed by atoms with van der Waals surface area (Å²) in [6, 6.07) is 12.3. The highest BCUT2D eigenvalue weighted by Gasteiger charge is 2.22. The van der Waals surface area contributed by atoms with Crippen LogP contribution in [0.3, 0.4) is 0 Å². The Morgan fingerprint density at radius 1 is 1.35 bits per heavy atom. The molecule has 2 unspecified atom stereocenters. The van der Waals surface area contributed by atoms with E-state index in [-0.39, 0.29) is 12.2 Å². The van der Waals surface area contributed by atoms with Crippen LogP contribution in [-0.4, -0.2) is 18.8 Å². The average Bonchev–Trinajstić information content (AvgIpc) is 2.39. The quantitative estimate of drug-likeness (QED) is 0.800. The highest BCUT2D eigenvalue weighted by atomic mass is 16.5. The third kappa shape index (κ3) is 3.85. The number of hydrogen-bond acceptors (Lipinski definition) is 3. The minimum absolute atomic E-state index is 0.0505. The predicted molar refractivity (Wildman–Crippen MR) is 64.2 cm³/mol. The molecule has 0 bridgehead atoms. The number of benzene rings is 1. The van der Waals surface area contributed by atoms with Gasteiger partial charge in [-0.25, -0.2) is 0 Å². The van der Waals surface area contributed by atoms with Crippen molar-refractivity contribution in [2.45, 2.75) is 38.1 Å². The van der Waals surface area contributed by atoms with Crippen molar-refractivity contribution >= 4 is 0 Å². The normalized spacial score (nSPS) is 24.2. The van der Waals surface area contributed by atoms with Crippen LogP contribution in [0.5, 0.6) is 0 Å². The third-order valence-corrected chi connectivity index (χ3v) is 2.97. The van der Waals surface area contributed by atoms with Crippen molar-refractivity contribution in [2.75, 3.05) is 6.61 Å². The lowest BCUT2D eigenvalue weighted by Crippen LogP contribution is -2.30. The molecule has 0 spiro atoms. The molecule has 2 atom stereocenters. The van der Waals surface area contributed by atoms with Crippen LogP contribution in [0.4, 0.5) is 0 Å². The fourth-order valence-electron chi connectivity index (χ4n) is 2.03. The van der Waals surface area contributed by atoms with Gasteiger partial charge in [0.25, 0.3) is 0 Å². The van der Waals surface area contributed by atoms with Crippen LogP contribution in [0.15, 0.2) is 30.3 Å². The maximum Gasteiger partial charge on any atom is 0.0729 e. The molecular weight excluding hydrogens is 214 g/mol. The van der Waals surface area contributed by atoms with Gasteiger partial charge in [0.1, 0.15) is 0 Å². The molecule has 3 heteroatoms. The topological polar surface area (TPSA) is 42.2 Å². The van der Waals surface area contributed by atoms with E-state index in [1.807, 2.05) is 18.2 Å². The van der Waals surface area contributed by atoms with Gasteiger partial charge in [-0.1, -0.05) is 30.3 Å². The lowest BCUT2D eigenvalue weighted by Gasteiger charge is -2.28. The Bertz CT molecular complexity index is 372. The number of hydrogen-bond donors (Lipinski definition) is 0. The second kappa shape index (κ2) is 6.39. The molecule has 0 N–H and O–H groups in total. The lowest BCUT2D eigenvalue weighted by atomic mass is 10.0. The minimum Gasteiger partial charge on any atom is -0.377 e. The van der Waals surface area contributed by atoms with Gasteiger partial charge in [0.15, 0.2) is 0 Å². The number of nitrogens with zero attached hydrogens (tertiary/aromatic N) is 1. The number of nitriles is 1. The first-order valence-electron chi connectivity index (χ1n) is 6.02. The minimum atomic E-state index is 0.0505. The SMILES string of the molecule is N#CCC1CC(OCc2ccccc2)CCO1. The first-order chi connectivity index (χ1) is 8.38. The maximum atomic E-state index is 8.64. The van der Waals surface area contributed by atoms with Gasteiger partial charge in [0.05, 0.1) is 31.3 Å². The van der Waals surface area contributed by atoms with Gasteiger partial charge in [-0.05, 0) is 12.0 Å². The van der Waals surface area contributed by atoms with Gasteiger partial charge in [0.2, 0.25) is 0 Å². The van der Waals surface area contributed by atoms with E-state index in [4.69, 9.17) is 14.7 Å². The smallest absolute Gasteiger partial charge is 0.0729 e. The lowest BCUT2D eigenvalue weighted by molar-refractivity contribution is -0.0757. The molecule has 2 rings (SSSR count). The second-order valence-corrected chi connectivity index (χ2v) is 4.30. The molecule has 0 aromatic heterocycles. The highest BCUT2D eigenvalue weighted by Crippen LogP contribution is 2.20. The molecule has 1 aromatic rings. The Morgan fingerprint density at radius 2 is 2.18 bits per heavy atom. The van der Waals surface area contributed by atoms with Crippen molar-refractivity contribution in [1.82, 2.24) is 0 Å². The van der Waals surface area contributed by atoms with Crippen molar-refractivity contribution in [2.24, 2.45) is 0 Å². The summed E-state index contributed by atoms with van der Waals surface area (Å²) in [6.07, 6.45) is 2.50. The van der Waals surface area contributed by atoms with Crippen LogP contribution < -0.4 is 0 Å². The molecule has 1 aliphatic rings. The zero-order valence-corrected chi connectivity index (χ0v) is 9.84. The van der Waals surface area contributed by atoms with Crippen LogP contribution in [0.25, 0.3) is 0 Å². The second-order valence-electron chi connectivity index (χ2n) is 4.30. The molecule has 90 valence electrons. The van der Waals surface area contributed by atoms with Gasteiger partial charge in [0, 0.05) is 13.0 Å². The maximum absolute atomic E-state index is 8.64. The van der Waals surface area contributed by atoms with E-state index in [0.717, 1.165) is 12.8 Å². The highest BCUT2D eigenvalue weighted by molar-refractivity contribution is 5.13. The number of ether oxygens (including phenoxy) is 2. The van der Waals surface area contributed by atoms with E-state index in [0.29, 0.717) is 19.6 Å². The number of rotatable bonds is 4. The molecule has 0 saturated carbocycles. The fourth-order valence-corrected chi connectivity index (χ4v) is 2.03. The van der Waals surface area contributed by atoms with Crippen molar-refractivity contribution in [1.29, 1.82) is 5.26 Å². The van der Waals surface area contributed by atoms with E-state index in [2.05, 4.69) is 18.2 Å². The zero-order valence-electron chi connectivity index (χ0n) is 9.84. The molecule has 1 aromatic carbocycles. The van der Waals surface area contributed by atoms with E-state index in [9.17, 15) is 0 Å². The van der Waals surface area contributed by atoms with Crippen molar-refractivity contribution in [3.8, 4) is 6.07 Å². The first-order valence-corrected chi connectivity index (χ1v) is 6.02. The van der Waals surface area contributed by atoms with Gasteiger partial charge < -0.3 is 9.47 Å². The van der Waals surface area contributed by atoms with Crippen LogP contribution in [0, 0.1) is 11.3 Å². The Labute approximate surface area is 102 Å². The van der Waals surface area contributed by atoms with E-state index >= 15 is 0 Å². The van der Waals surface area contributed by atoms with Crippen molar-refractivity contribution < 1.29 is 9.47 Å². The Kier molecular flexibility index (Phi) is 4.54. The molecule has 0 radical (unpaired) electrons. The van der Waals surface area contributed by atoms with Crippen molar-refractivity contribution in [3.05, 3.63) is 35.9 Å². The van der Waals surface area contributed by atoms with Gasteiger partial charge >= 0.3 is 0 Å². The molecule has 17 heavy (non-hydrogen) atoms. The summed E-state index contributed by atoms with van der Waals surface area (Å²) in [4.78, 5) is 0. The Balaban J connectivity index is 1.78. The molecule has 0 aliphatic carbocycles. The monoisotopic (exact) mass is 231 g/mol.